The van der Waals surface area contributed by atoms with Gasteiger partial charge in [0, 0.05) is 5.69 Å². The van der Waals surface area contributed by atoms with Crippen molar-refractivity contribution in [2.75, 3.05) is 11.0 Å². The molecule has 0 atom stereocenters. The number of hydrogen-bond acceptors (Lipinski definition) is 2. The normalized spacial score (nSPS) is 11.4. The molecule has 15 heavy (non-hydrogen) atoms. The van der Waals surface area contributed by atoms with Crippen LogP contribution in [0.2, 0.25) is 0 Å². The molecule has 0 unspecified atom stereocenters. The molecule has 0 aliphatic heterocycles. The van der Waals surface area contributed by atoms with Gasteiger partial charge in [0.1, 0.15) is 0 Å². The average molecular weight is 227 g/mol. The fourth-order valence-corrected chi connectivity index (χ4v) is 1.99. The molecule has 0 heterocycles. The number of anilines is 1. The molecule has 0 fully saturated rings. The van der Waals surface area contributed by atoms with Crippen LogP contribution in [0, 0.1) is 0 Å². The van der Waals surface area contributed by atoms with Crippen molar-refractivity contribution >= 4 is 15.7 Å². The van der Waals surface area contributed by atoms with Gasteiger partial charge in [0.2, 0.25) is 10.0 Å². The van der Waals surface area contributed by atoms with Crippen LogP contribution in [0.25, 0.3) is 0 Å². The van der Waals surface area contributed by atoms with Gasteiger partial charge in [-0.1, -0.05) is 19.9 Å². The lowest BCUT2D eigenvalue weighted by Crippen LogP contribution is -2.10. The van der Waals surface area contributed by atoms with Gasteiger partial charge < -0.3 is 0 Å². The first-order valence-electron chi connectivity index (χ1n) is 5.05. The van der Waals surface area contributed by atoms with Crippen LogP contribution in [-0.2, 0) is 22.9 Å². The Labute approximate surface area is 91.6 Å². The van der Waals surface area contributed by atoms with E-state index in [1.807, 2.05) is 12.1 Å². The Balaban J connectivity index is 3.07. The van der Waals surface area contributed by atoms with Crippen molar-refractivity contribution in [3.63, 3.8) is 0 Å². The minimum Gasteiger partial charge on any atom is -0.284 e. The van der Waals surface area contributed by atoms with Gasteiger partial charge in [-0.2, -0.15) is 0 Å². The number of sulfonamides is 1. The van der Waals surface area contributed by atoms with Crippen LogP contribution >= 0.6 is 0 Å². The minimum absolute atomic E-state index is 0.661. The zero-order chi connectivity index (χ0) is 11.5. The Morgan fingerprint density at radius 2 is 1.53 bits per heavy atom. The van der Waals surface area contributed by atoms with Crippen LogP contribution in [0.15, 0.2) is 18.2 Å². The summed E-state index contributed by atoms with van der Waals surface area (Å²) in [7, 11) is -3.18. The monoisotopic (exact) mass is 227 g/mol. The van der Waals surface area contributed by atoms with Crippen LogP contribution < -0.4 is 4.72 Å². The van der Waals surface area contributed by atoms with Gasteiger partial charge in [0.15, 0.2) is 0 Å². The van der Waals surface area contributed by atoms with Crippen molar-refractivity contribution in [3.8, 4) is 0 Å². The zero-order valence-electron chi connectivity index (χ0n) is 9.37. The highest BCUT2D eigenvalue weighted by molar-refractivity contribution is 7.92. The molecule has 0 bridgehead atoms. The minimum atomic E-state index is -3.18. The van der Waals surface area contributed by atoms with E-state index < -0.39 is 10.0 Å². The highest BCUT2D eigenvalue weighted by Crippen LogP contribution is 2.17. The fourth-order valence-electron chi connectivity index (χ4n) is 1.44. The standard InChI is InChI=1S/C11H17NO2S/c1-4-9-6-10(5-2)8-11(7-9)12-15(3,13)14/h6-8,12H,4-5H2,1-3H3. The van der Waals surface area contributed by atoms with E-state index in [0.29, 0.717) is 5.69 Å². The van der Waals surface area contributed by atoms with Gasteiger partial charge in [-0.15, -0.1) is 0 Å². The molecule has 1 rings (SSSR count). The lowest BCUT2D eigenvalue weighted by atomic mass is 10.1. The lowest BCUT2D eigenvalue weighted by molar-refractivity contribution is 0.607. The van der Waals surface area contributed by atoms with Crippen molar-refractivity contribution < 1.29 is 8.42 Å². The van der Waals surface area contributed by atoms with Gasteiger partial charge in [-0.05, 0) is 36.1 Å². The molecule has 3 nitrogen and oxygen atoms in total. The summed E-state index contributed by atoms with van der Waals surface area (Å²) < 4.78 is 24.7. The second kappa shape index (κ2) is 4.66. The second-order valence-electron chi connectivity index (χ2n) is 3.62. The van der Waals surface area contributed by atoms with Gasteiger partial charge >= 0.3 is 0 Å². The Bertz CT molecular complexity index is 416. The lowest BCUT2D eigenvalue weighted by Gasteiger charge is -2.08. The average Bonchev–Trinajstić information content (AvgIpc) is 2.14. The van der Waals surface area contributed by atoms with Crippen molar-refractivity contribution in [1.82, 2.24) is 0 Å². The SMILES string of the molecule is CCc1cc(CC)cc(NS(C)(=O)=O)c1. The van der Waals surface area contributed by atoms with E-state index in [1.54, 1.807) is 0 Å². The van der Waals surface area contributed by atoms with E-state index >= 15 is 0 Å². The number of aryl methyl sites for hydroxylation is 2. The Morgan fingerprint density at radius 3 is 1.87 bits per heavy atom. The summed E-state index contributed by atoms with van der Waals surface area (Å²) in [6.07, 6.45) is 2.98. The number of nitrogens with one attached hydrogen (secondary N) is 1. The molecule has 0 spiro atoms. The van der Waals surface area contributed by atoms with Crippen molar-refractivity contribution in [3.05, 3.63) is 29.3 Å². The summed E-state index contributed by atoms with van der Waals surface area (Å²) in [5.41, 5.74) is 2.97. The first-order chi connectivity index (χ1) is 6.94. The molecule has 1 N–H and O–H groups in total. The molecule has 1 aromatic carbocycles. The summed E-state index contributed by atoms with van der Waals surface area (Å²) in [4.78, 5) is 0. The topological polar surface area (TPSA) is 46.2 Å². The molecule has 0 radical (unpaired) electrons. The summed E-state index contributed by atoms with van der Waals surface area (Å²) >= 11 is 0. The van der Waals surface area contributed by atoms with Gasteiger partial charge in [-0.3, -0.25) is 4.72 Å². The number of hydrogen-bond donors (Lipinski definition) is 1. The molecule has 0 saturated carbocycles. The van der Waals surface area contributed by atoms with Crippen LogP contribution in [-0.4, -0.2) is 14.7 Å². The molecule has 0 saturated heterocycles. The molecule has 0 aliphatic carbocycles. The third kappa shape index (κ3) is 3.91. The quantitative estimate of drug-likeness (QED) is 0.857. The van der Waals surface area contributed by atoms with E-state index in [1.165, 1.54) is 0 Å². The van der Waals surface area contributed by atoms with Crippen molar-refractivity contribution in [2.45, 2.75) is 26.7 Å². The Kier molecular flexibility index (Phi) is 3.74. The Morgan fingerprint density at radius 1 is 1.07 bits per heavy atom. The third-order valence-electron chi connectivity index (χ3n) is 2.17. The first kappa shape index (κ1) is 12.0. The fraction of sp³-hybridized carbons (Fsp3) is 0.455. The molecular weight excluding hydrogens is 210 g/mol. The predicted octanol–water partition coefficient (Wildman–Crippen LogP) is 2.18. The summed E-state index contributed by atoms with van der Waals surface area (Å²) in [6, 6.07) is 5.86. The van der Waals surface area contributed by atoms with Crippen LogP contribution in [0.5, 0.6) is 0 Å². The van der Waals surface area contributed by atoms with Crippen LogP contribution in [0.4, 0.5) is 5.69 Å². The maximum absolute atomic E-state index is 11.1. The smallest absolute Gasteiger partial charge is 0.229 e. The van der Waals surface area contributed by atoms with E-state index in [9.17, 15) is 8.42 Å². The maximum Gasteiger partial charge on any atom is 0.229 e. The molecule has 0 aliphatic rings. The van der Waals surface area contributed by atoms with Crippen LogP contribution in [0.3, 0.4) is 0 Å². The highest BCUT2D eigenvalue weighted by Gasteiger charge is 2.04. The highest BCUT2D eigenvalue weighted by atomic mass is 32.2. The van der Waals surface area contributed by atoms with Crippen LogP contribution in [0.1, 0.15) is 25.0 Å². The largest absolute Gasteiger partial charge is 0.284 e. The van der Waals surface area contributed by atoms with E-state index in [-0.39, 0.29) is 0 Å². The van der Waals surface area contributed by atoms with E-state index in [2.05, 4.69) is 24.6 Å². The molecule has 84 valence electrons. The van der Waals surface area contributed by atoms with Crippen molar-refractivity contribution in [1.29, 1.82) is 0 Å². The van der Waals surface area contributed by atoms with E-state index in [4.69, 9.17) is 0 Å². The van der Waals surface area contributed by atoms with Gasteiger partial charge in [0.25, 0.3) is 0 Å². The van der Waals surface area contributed by atoms with Gasteiger partial charge in [0.05, 0.1) is 6.26 Å². The predicted molar refractivity (Wildman–Crippen MR) is 63.7 cm³/mol. The molecule has 0 amide bonds. The third-order valence-corrected chi connectivity index (χ3v) is 2.78. The molecule has 0 aromatic heterocycles. The van der Waals surface area contributed by atoms with E-state index in [0.717, 1.165) is 30.2 Å². The number of rotatable bonds is 4. The molecule has 4 heteroatoms. The first-order valence-corrected chi connectivity index (χ1v) is 6.94. The Hall–Kier alpha value is -1.03. The number of benzene rings is 1. The summed E-state index contributed by atoms with van der Waals surface area (Å²) in [6.45, 7) is 4.11. The van der Waals surface area contributed by atoms with Crippen molar-refractivity contribution in [2.24, 2.45) is 0 Å². The van der Waals surface area contributed by atoms with Gasteiger partial charge in [-0.25, -0.2) is 8.42 Å². The molecule has 1 aromatic rings. The summed E-state index contributed by atoms with van der Waals surface area (Å²) in [5.74, 6) is 0. The zero-order valence-corrected chi connectivity index (χ0v) is 10.2. The molecular formula is C11H17NO2S. The summed E-state index contributed by atoms with van der Waals surface area (Å²) in [5, 5.41) is 0. The second-order valence-corrected chi connectivity index (χ2v) is 5.37. The maximum atomic E-state index is 11.1.